The van der Waals surface area contributed by atoms with E-state index in [1.54, 1.807) is 6.20 Å². The van der Waals surface area contributed by atoms with Gasteiger partial charge in [0.1, 0.15) is 22.5 Å². The van der Waals surface area contributed by atoms with Gasteiger partial charge in [-0.1, -0.05) is 0 Å². The van der Waals surface area contributed by atoms with Gasteiger partial charge in [0, 0.05) is 12.1 Å². The highest BCUT2D eigenvalue weighted by Crippen LogP contribution is 2.25. The van der Waals surface area contributed by atoms with Crippen molar-refractivity contribution in [3.05, 3.63) is 23.7 Å². The van der Waals surface area contributed by atoms with Crippen LogP contribution >= 0.6 is 11.5 Å². The SMILES string of the molecule is Cc1cc(Nc2nc(NC3CCC(NC(=O)OC(C)(C)C)CC3)cnc2C#N)sn1. The van der Waals surface area contributed by atoms with Crippen LogP contribution in [0.5, 0.6) is 0 Å². The van der Waals surface area contributed by atoms with Crippen molar-refractivity contribution in [1.82, 2.24) is 19.7 Å². The van der Waals surface area contributed by atoms with E-state index in [9.17, 15) is 10.1 Å². The molecule has 30 heavy (non-hydrogen) atoms. The number of aryl methyl sites for hydroxylation is 1. The number of amides is 1. The van der Waals surface area contributed by atoms with Crippen LogP contribution in [0.2, 0.25) is 0 Å². The van der Waals surface area contributed by atoms with Crippen LogP contribution in [0.3, 0.4) is 0 Å². The van der Waals surface area contributed by atoms with E-state index in [2.05, 4.69) is 36.4 Å². The van der Waals surface area contributed by atoms with Gasteiger partial charge in [-0.15, -0.1) is 0 Å². The van der Waals surface area contributed by atoms with Gasteiger partial charge >= 0.3 is 6.09 Å². The summed E-state index contributed by atoms with van der Waals surface area (Å²) in [5.74, 6) is 1.02. The molecule has 3 rings (SSSR count). The molecule has 0 bridgehead atoms. The number of nitrogens with one attached hydrogen (secondary N) is 3. The topological polar surface area (TPSA) is 125 Å². The number of alkyl carbamates (subject to hydrolysis) is 1. The summed E-state index contributed by atoms with van der Waals surface area (Å²) in [7, 11) is 0. The minimum atomic E-state index is -0.499. The summed E-state index contributed by atoms with van der Waals surface area (Å²) in [4.78, 5) is 20.7. The van der Waals surface area contributed by atoms with Crippen molar-refractivity contribution in [3.63, 3.8) is 0 Å². The number of rotatable bonds is 5. The summed E-state index contributed by atoms with van der Waals surface area (Å²) in [5, 5.41) is 19.6. The first-order valence-corrected chi connectivity index (χ1v) is 10.7. The number of hydrogen-bond acceptors (Lipinski definition) is 9. The van der Waals surface area contributed by atoms with E-state index in [1.807, 2.05) is 33.8 Å². The number of nitriles is 1. The molecule has 1 aliphatic rings. The molecule has 9 nitrogen and oxygen atoms in total. The van der Waals surface area contributed by atoms with Gasteiger partial charge < -0.3 is 20.7 Å². The Morgan fingerprint density at radius 3 is 2.57 bits per heavy atom. The van der Waals surface area contributed by atoms with Crippen molar-refractivity contribution >= 4 is 34.3 Å². The van der Waals surface area contributed by atoms with Crippen LogP contribution < -0.4 is 16.0 Å². The fourth-order valence-electron chi connectivity index (χ4n) is 3.23. The molecular weight excluding hydrogens is 402 g/mol. The lowest BCUT2D eigenvalue weighted by Gasteiger charge is -2.30. The molecule has 1 saturated carbocycles. The Hall–Kier alpha value is -2.93. The Labute approximate surface area is 180 Å². The zero-order valence-corrected chi connectivity index (χ0v) is 18.5. The molecule has 1 fully saturated rings. The van der Waals surface area contributed by atoms with Crippen LogP contribution in [0.1, 0.15) is 57.8 Å². The molecule has 0 aromatic carbocycles. The third-order valence-electron chi connectivity index (χ3n) is 4.55. The molecule has 2 aromatic rings. The summed E-state index contributed by atoms with van der Waals surface area (Å²) < 4.78 is 9.55. The van der Waals surface area contributed by atoms with Crippen molar-refractivity contribution in [1.29, 1.82) is 5.26 Å². The van der Waals surface area contributed by atoms with E-state index in [4.69, 9.17) is 4.74 Å². The monoisotopic (exact) mass is 429 g/mol. The lowest BCUT2D eigenvalue weighted by Crippen LogP contribution is -2.42. The lowest BCUT2D eigenvalue weighted by molar-refractivity contribution is 0.0492. The van der Waals surface area contributed by atoms with Crippen LogP contribution in [0.15, 0.2) is 12.3 Å². The number of ether oxygens (including phenoxy) is 1. The minimum Gasteiger partial charge on any atom is -0.444 e. The highest BCUT2D eigenvalue weighted by molar-refractivity contribution is 7.10. The van der Waals surface area contributed by atoms with E-state index in [0.717, 1.165) is 36.4 Å². The van der Waals surface area contributed by atoms with Gasteiger partial charge in [0.05, 0.1) is 11.9 Å². The van der Waals surface area contributed by atoms with E-state index in [0.29, 0.717) is 11.6 Å². The molecule has 2 heterocycles. The molecule has 2 aromatic heterocycles. The molecule has 0 atom stereocenters. The Kier molecular flexibility index (Phi) is 6.72. The molecule has 0 unspecified atom stereocenters. The maximum atomic E-state index is 11.9. The smallest absolute Gasteiger partial charge is 0.407 e. The normalized spacial score (nSPS) is 18.9. The van der Waals surface area contributed by atoms with Gasteiger partial charge in [-0.3, -0.25) is 0 Å². The van der Waals surface area contributed by atoms with Crippen molar-refractivity contribution in [2.75, 3.05) is 10.6 Å². The Balaban J connectivity index is 1.55. The largest absolute Gasteiger partial charge is 0.444 e. The average Bonchev–Trinajstić information content (AvgIpc) is 3.07. The summed E-state index contributed by atoms with van der Waals surface area (Å²) in [6.07, 6.45) is 4.69. The third kappa shape index (κ3) is 6.29. The van der Waals surface area contributed by atoms with E-state index < -0.39 is 5.60 Å². The molecule has 1 amide bonds. The maximum Gasteiger partial charge on any atom is 0.407 e. The Bertz CT molecular complexity index is 924. The van der Waals surface area contributed by atoms with Crippen molar-refractivity contribution in [3.8, 4) is 6.07 Å². The summed E-state index contributed by atoms with van der Waals surface area (Å²) >= 11 is 1.31. The van der Waals surface area contributed by atoms with Crippen LogP contribution in [-0.4, -0.2) is 38.1 Å². The fraction of sp³-hybridized carbons (Fsp3) is 0.550. The minimum absolute atomic E-state index is 0.108. The molecule has 0 aliphatic heterocycles. The predicted octanol–water partition coefficient (Wildman–Crippen LogP) is 4.10. The van der Waals surface area contributed by atoms with Crippen LogP contribution in [0, 0.1) is 18.3 Å². The summed E-state index contributed by atoms with van der Waals surface area (Å²) in [6, 6.07) is 4.29. The Morgan fingerprint density at radius 2 is 1.97 bits per heavy atom. The molecule has 3 N–H and O–H groups in total. The molecule has 0 saturated heterocycles. The quantitative estimate of drug-likeness (QED) is 0.648. The molecule has 0 spiro atoms. The molecule has 0 radical (unpaired) electrons. The lowest BCUT2D eigenvalue weighted by atomic mass is 9.91. The van der Waals surface area contributed by atoms with Crippen molar-refractivity contribution < 1.29 is 9.53 Å². The highest BCUT2D eigenvalue weighted by atomic mass is 32.1. The number of hydrogen-bond donors (Lipinski definition) is 3. The van der Waals surface area contributed by atoms with E-state index in [1.165, 1.54) is 11.5 Å². The van der Waals surface area contributed by atoms with Crippen LogP contribution in [0.25, 0.3) is 0 Å². The molecule has 10 heteroatoms. The second kappa shape index (κ2) is 9.26. The van der Waals surface area contributed by atoms with Gasteiger partial charge in [-0.25, -0.2) is 14.8 Å². The van der Waals surface area contributed by atoms with Crippen molar-refractivity contribution in [2.24, 2.45) is 0 Å². The molecule has 1 aliphatic carbocycles. The van der Waals surface area contributed by atoms with Crippen molar-refractivity contribution in [2.45, 2.75) is 71.1 Å². The second-order valence-electron chi connectivity index (χ2n) is 8.36. The first-order chi connectivity index (χ1) is 14.2. The van der Waals surface area contributed by atoms with Gasteiger partial charge in [0.25, 0.3) is 0 Å². The van der Waals surface area contributed by atoms with E-state index in [-0.39, 0.29) is 23.9 Å². The number of aromatic nitrogens is 3. The van der Waals surface area contributed by atoms with Gasteiger partial charge in [-0.05, 0) is 71.0 Å². The number of carbonyl (C=O) groups excluding carboxylic acids is 1. The first kappa shape index (κ1) is 21.8. The average molecular weight is 430 g/mol. The number of nitrogens with zero attached hydrogens (tertiary/aromatic N) is 4. The Morgan fingerprint density at radius 1 is 1.27 bits per heavy atom. The van der Waals surface area contributed by atoms with Gasteiger partial charge in [0.15, 0.2) is 11.5 Å². The first-order valence-electron chi connectivity index (χ1n) is 9.95. The van der Waals surface area contributed by atoms with Gasteiger partial charge in [-0.2, -0.15) is 9.64 Å². The predicted molar refractivity (Wildman–Crippen MR) is 116 cm³/mol. The summed E-state index contributed by atoms with van der Waals surface area (Å²) in [5.41, 5.74) is 0.637. The molecule has 160 valence electrons. The number of carbonyl (C=O) groups is 1. The highest BCUT2D eigenvalue weighted by Gasteiger charge is 2.25. The zero-order chi connectivity index (χ0) is 21.7. The van der Waals surface area contributed by atoms with Crippen LogP contribution in [-0.2, 0) is 4.74 Å². The van der Waals surface area contributed by atoms with E-state index >= 15 is 0 Å². The second-order valence-corrected chi connectivity index (χ2v) is 9.17. The standard InChI is InChI=1S/C20H27N7O2S/c1-12-9-17(30-27-12)26-18-15(10-21)22-11-16(25-18)23-13-5-7-14(8-6-13)24-19(28)29-20(2,3)4/h9,11,13-14H,5-8H2,1-4H3,(H,24,28)(H2,23,25,26). The maximum absolute atomic E-state index is 11.9. The van der Waals surface area contributed by atoms with Gasteiger partial charge in [0.2, 0.25) is 0 Å². The summed E-state index contributed by atoms with van der Waals surface area (Å²) in [6.45, 7) is 7.46. The zero-order valence-electron chi connectivity index (χ0n) is 17.7. The molecular formula is C20H27N7O2S. The fourth-order valence-corrected chi connectivity index (χ4v) is 3.89. The number of anilines is 3. The van der Waals surface area contributed by atoms with Crippen LogP contribution in [0.4, 0.5) is 21.4 Å². The third-order valence-corrected chi connectivity index (χ3v) is 5.34.